The minimum Gasteiger partial charge on any atom is -0.468 e. The number of nitrogens with zero attached hydrogens (tertiary/aromatic N) is 1. The highest BCUT2D eigenvalue weighted by molar-refractivity contribution is 5.82. The number of esters is 1. The monoisotopic (exact) mass is 263 g/mol. The lowest BCUT2D eigenvalue weighted by atomic mass is 9.98. The van der Waals surface area contributed by atoms with E-state index in [1.54, 1.807) is 4.90 Å². The maximum absolute atomic E-state index is 12.1. The molecule has 5 heteroatoms. The summed E-state index contributed by atoms with van der Waals surface area (Å²) in [6.45, 7) is 0.260. The lowest BCUT2D eigenvalue weighted by Crippen LogP contribution is -2.51. The van der Waals surface area contributed by atoms with Crippen LogP contribution in [0.5, 0.6) is 0 Å². The number of methoxy groups -OCH3 is 1. The van der Waals surface area contributed by atoms with Crippen LogP contribution in [0, 0.1) is 0 Å². The summed E-state index contributed by atoms with van der Waals surface area (Å²) in [4.78, 5) is 13.8. The fraction of sp³-hybridized carbons (Fsp3) is 0.500. The average Bonchev–Trinajstić information content (AvgIpc) is 2.99. The van der Waals surface area contributed by atoms with Gasteiger partial charge in [-0.05, 0) is 18.4 Å². The van der Waals surface area contributed by atoms with E-state index in [-0.39, 0.29) is 12.6 Å². The van der Waals surface area contributed by atoms with Crippen molar-refractivity contribution in [3.8, 4) is 0 Å². The zero-order chi connectivity index (χ0) is 13.5. The zero-order valence-corrected chi connectivity index (χ0v) is 10.8. The van der Waals surface area contributed by atoms with Crippen molar-refractivity contribution in [1.29, 1.82) is 0 Å². The number of rotatable bonds is 2. The molecule has 0 spiro atoms. The number of aliphatic hydroxyl groups excluding tert-OH is 1. The lowest BCUT2D eigenvalue weighted by Gasteiger charge is -2.31. The van der Waals surface area contributed by atoms with E-state index in [0.717, 1.165) is 5.56 Å². The summed E-state index contributed by atoms with van der Waals surface area (Å²) < 4.78 is 10.7. The summed E-state index contributed by atoms with van der Waals surface area (Å²) in [6, 6.07) is 9.62. The molecule has 0 aromatic heterocycles. The normalized spacial score (nSPS) is 34.2. The number of ether oxygens (including phenoxy) is 2. The molecule has 0 saturated carbocycles. The van der Waals surface area contributed by atoms with Gasteiger partial charge < -0.3 is 14.6 Å². The van der Waals surface area contributed by atoms with Crippen LogP contribution in [0.15, 0.2) is 30.3 Å². The van der Waals surface area contributed by atoms with E-state index in [1.807, 2.05) is 30.3 Å². The van der Waals surface area contributed by atoms with Gasteiger partial charge in [0.2, 0.25) is 0 Å². The number of hydrogen-bond donors (Lipinski definition) is 1. The molecule has 0 aliphatic carbocycles. The maximum atomic E-state index is 12.1. The Hall–Kier alpha value is -1.43. The Bertz CT molecular complexity index is 478. The maximum Gasteiger partial charge on any atom is 0.328 e. The average molecular weight is 263 g/mol. The minimum atomic E-state index is -0.839. The molecule has 3 rings (SSSR count). The van der Waals surface area contributed by atoms with Gasteiger partial charge in [-0.1, -0.05) is 30.3 Å². The standard InChI is InChI=1S/C14H17NO4/c1-18-13(17)14-8-7-11(16)15(14)12(19-9-14)10-5-3-2-4-6-10/h2-6,11-12,16H,7-9H2,1H3/t11?,12-,14+/m0/s1. The topological polar surface area (TPSA) is 59.0 Å². The zero-order valence-electron chi connectivity index (χ0n) is 10.8. The van der Waals surface area contributed by atoms with Crippen molar-refractivity contribution in [2.75, 3.05) is 13.7 Å². The minimum absolute atomic E-state index is 0.260. The number of benzene rings is 1. The van der Waals surface area contributed by atoms with Crippen LogP contribution in [-0.2, 0) is 14.3 Å². The van der Waals surface area contributed by atoms with Crippen LogP contribution in [0.4, 0.5) is 0 Å². The molecular formula is C14H17NO4. The Morgan fingerprint density at radius 1 is 1.47 bits per heavy atom. The molecule has 2 heterocycles. The number of carbonyl (C=O) groups excluding carboxylic acids is 1. The van der Waals surface area contributed by atoms with Crippen molar-refractivity contribution in [2.45, 2.75) is 30.8 Å². The third-order valence-electron chi connectivity index (χ3n) is 4.01. The SMILES string of the molecule is COC(=O)[C@]12CCC(O)N1[C@H](c1ccccc1)OC2. The van der Waals surface area contributed by atoms with E-state index in [4.69, 9.17) is 9.47 Å². The summed E-state index contributed by atoms with van der Waals surface area (Å²) >= 11 is 0. The van der Waals surface area contributed by atoms with E-state index in [2.05, 4.69) is 0 Å². The van der Waals surface area contributed by atoms with Crippen molar-refractivity contribution in [3.63, 3.8) is 0 Å². The van der Waals surface area contributed by atoms with E-state index in [0.29, 0.717) is 12.8 Å². The summed E-state index contributed by atoms with van der Waals surface area (Å²) in [7, 11) is 1.37. The molecule has 102 valence electrons. The summed E-state index contributed by atoms with van der Waals surface area (Å²) in [5.74, 6) is -0.331. The van der Waals surface area contributed by atoms with Crippen LogP contribution in [0.25, 0.3) is 0 Å². The van der Waals surface area contributed by atoms with E-state index in [1.165, 1.54) is 7.11 Å². The molecule has 2 aliphatic rings. The largest absolute Gasteiger partial charge is 0.468 e. The van der Waals surface area contributed by atoms with E-state index in [9.17, 15) is 9.90 Å². The first-order valence-electron chi connectivity index (χ1n) is 6.40. The molecule has 2 saturated heterocycles. The van der Waals surface area contributed by atoms with Crippen molar-refractivity contribution < 1.29 is 19.4 Å². The van der Waals surface area contributed by atoms with Gasteiger partial charge in [0.25, 0.3) is 0 Å². The fourth-order valence-electron chi connectivity index (χ4n) is 3.08. The van der Waals surface area contributed by atoms with Crippen LogP contribution in [0.2, 0.25) is 0 Å². The molecule has 2 aliphatic heterocycles. The summed E-state index contributed by atoms with van der Waals surface area (Å²) in [5.41, 5.74) is 0.100. The van der Waals surface area contributed by atoms with Gasteiger partial charge in [-0.25, -0.2) is 9.69 Å². The first-order chi connectivity index (χ1) is 9.19. The van der Waals surface area contributed by atoms with E-state index < -0.39 is 18.0 Å². The molecule has 0 bridgehead atoms. The van der Waals surface area contributed by atoms with Gasteiger partial charge in [-0.3, -0.25) is 0 Å². The van der Waals surface area contributed by atoms with E-state index >= 15 is 0 Å². The molecule has 19 heavy (non-hydrogen) atoms. The number of aliphatic hydroxyl groups is 1. The summed E-state index contributed by atoms with van der Waals surface area (Å²) in [6.07, 6.45) is 0.0519. The van der Waals surface area contributed by atoms with Gasteiger partial charge in [-0.15, -0.1) is 0 Å². The molecule has 2 fully saturated rings. The second-order valence-electron chi connectivity index (χ2n) is 5.02. The third kappa shape index (κ3) is 1.77. The number of hydrogen-bond acceptors (Lipinski definition) is 5. The second kappa shape index (κ2) is 4.59. The molecule has 1 aromatic carbocycles. The van der Waals surface area contributed by atoms with Gasteiger partial charge in [0, 0.05) is 0 Å². The van der Waals surface area contributed by atoms with Crippen LogP contribution in [0.3, 0.4) is 0 Å². The molecule has 1 aromatic rings. The van der Waals surface area contributed by atoms with Crippen molar-refractivity contribution in [3.05, 3.63) is 35.9 Å². The van der Waals surface area contributed by atoms with Crippen molar-refractivity contribution in [1.82, 2.24) is 4.90 Å². The van der Waals surface area contributed by atoms with Gasteiger partial charge in [0.05, 0.1) is 13.7 Å². The van der Waals surface area contributed by atoms with Crippen LogP contribution >= 0.6 is 0 Å². The van der Waals surface area contributed by atoms with Gasteiger partial charge >= 0.3 is 5.97 Å². The van der Waals surface area contributed by atoms with Crippen LogP contribution < -0.4 is 0 Å². The molecule has 0 radical (unpaired) electrons. The van der Waals surface area contributed by atoms with Crippen LogP contribution in [0.1, 0.15) is 24.6 Å². The Morgan fingerprint density at radius 2 is 2.21 bits per heavy atom. The quantitative estimate of drug-likeness (QED) is 0.808. The van der Waals surface area contributed by atoms with Gasteiger partial charge in [0.15, 0.2) is 0 Å². The van der Waals surface area contributed by atoms with Crippen molar-refractivity contribution >= 4 is 5.97 Å². The molecule has 0 amide bonds. The molecule has 3 atom stereocenters. The highest BCUT2D eigenvalue weighted by Crippen LogP contribution is 2.46. The first kappa shape index (κ1) is 12.6. The number of carbonyl (C=O) groups is 1. The van der Waals surface area contributed by atoms with Crippen molar-refractivity contribution in [2.24, 2.45) is 0 Å². The lowest BCUT2D eigenvalue weighted by molar-refractivity contribution is -0.156. The Kier molecular flexibility index (Phi) is 3.05. The number of fused-ring (bicyclic) bond motifs is 1. The predicted octanol–water partition coefficient (Wildman–Crippen LogP) is 1.04. The predicted molar refractivity (Wildman–Crippen MR) is 67.0 cm³/mol. The van der Waals surface area contributed by atoms with Gasteiger partial charge in [0.1, 0.15) is 18.0 Å². The Balaban J connectivity index is 1.97. The second-order valence-corrected chi connectivity index (χ2v) is 5.02. The molecular weight excluding hydrogens is 246 g/mol. The first-order valence-corrected chi connectivity index (χ1v) is 6.40. The molecule has 5 nitrogen and oxygen atoms in total. The Morgan fingerprint density at radius 3 is 2.89 bits per heavy atom. The fourth-order valence-corrected chi connectivity index (χ4v) is 3.08. The molecule has 1 unspecified atom stereocenters. The highest BCUT2D eigenvalue weighted by Gasteiger charge is 2.60. The van der Waals surface area contributed by atoms with Crippen LogP contribution in [-0.4, -0.2) is 41.5 Å². The molecule has 1 N–H and O–H groups in total. The van der Waals surface area contributed by atoms with Gasteiger partial charge in [-0.2, -0.15) is 0 Å². The smallest absolute Gasteiger partial charge is 0.328 e. The third-order valence-corrected chi connectivity index (χ3v) is 4.01. The highest BCUT2D eigenvalue weighted by atomic mass is 16.6. The summed E-state index contributed by atoms with van der Waals surface area (Å²) in [5, 5.41) is 10.2. The Labute approximate surface area is 111 Å².